The molecular weight excluding hydrogens is 204 g/mol. The third-order valence-corrected chi connectivity index (χ3v) is 1.99. The molecule has 0 aromatic heterocycles. The van der Waals surface area contributed by atoms with E-state index in [1.54, 1.807) is 6.07 Å². The SMILES string of the molecule is OC(c1ccccc1)C(O)(O)C(O)(O)O. The van der Waals surface area contributed by atoms with Crippen LogP contribution in [0.1, 0.15) is 11.7 Å². The van der Waals surface area contributed by atoms with Crippen LogP contribution in [0.2, 0.25) is 0 Å². The maximum absolute atomic E-state index is 9.40. The summed E-state index contributed by atoms with van der Waals surface area (Å²) in [5.41, 5.74) is 0.0176. The van der Waals surface area contributed by atoms with Gasteiger partial charge in [-0.15, -0.1) is 0 Å². The smallest absolute Gasteiger partial charge is 0.335 e. The Bertz CT molecular complexity index is 315. The Labute approximate surface area is 85.3 Å². The first kappa shape index (κ1) is 12.1. The first-order valence-corrected chi connectivity index (χ1v) is 4.11. The second-order valence-corrected chi connectivity index (χ2v) is 3.17. The Balaban J connectivity index is 3.00. The third-order valence-electron chi connectivity index (χ3n) is 1.99. The average Bonchev–Trinajstić information content (AvgIpc) is 2.16. The van der Waals surface area contributed by atoms with Gasteiger partial charge in [0.15, 0.2) is 0 Å². The molecule has 0 saturated carbocycles. The molecule has 84 valence electrons. The van der Waals surface area contributed by atoms with Gasteiger partial charge in [-0.25, -0.2) is 0 Å². The molecule has 0 saturated heterocycles. The topological polar surface area (TPSA) is 121 Å². The molecule has 0 radical (unpaired) electrons. The minimum absolute atomic E-state index is 0.0176. The van der Waals surface area contributed by atoms with Gasteiger partial charge in [-0.1, -0.05) is 30.3 Å². The van der Waals surface area contributed by atoms with Crippen molar-refractivity contribution < 1.29 is 30.6 Å². The van der Waals surface area contributed by atoms with Gasteiger partial charge in [0.05, 0.1) is 0 Å². The summed E-state index contributed by atoms with van der Waals surface area (Å²) in [6.45, 7) is 0. The van der Waals surface area contributed by atoms with Crippen LogP contribution in [0, 0.1) is 0 Å². The molecule has 15 heavy (non-hydrogen) atoms. The highest BCUT2D eigenvalue weighted by Crippen LogP contribution is 2.29. The molecule has 0 amide bonds. The fourth-order valence-corrected chi connectivity index (χ4v) is 1.05. The van der Waals surface area contributed by atoms with Crippen molar-refractivity contribution in [2.75, 3.05) is 0 Å². The second kappa shape index (κ2) is 3.86. The molecule has 6 nitrogen and oxygen atoms in total. The highest BCUT2D eigenvalue weighted by atomic mass is 16.7. The fourth-order valence-electron chi connectivity index (χ4n) is 1.05. The van der Waals surface area contributed by atoms with Crippen molar-refractivity contribution in [3.8, 4) is 0 Å². The summed E-state index contributed by atoms with van der Waals surface area (Å²) in [6, 6.07) is 7.29. The lowest BCUT2D eigenvalue weighted by Gasteiger charge is -2.33. The van der Waals surface area contributed by atoms with Crippen LogP contribution in [-0.4, -0.2) is 42.4 Å². The highest BCUT2D eigenvalue weighted by Gasteiger charge is 2.52. The molecule has 1 atom stereocenters. The Morgan fingerprint density at radius 3 is 1.73 bits per heavy atom. The summed E-state index contributed by atoms with van der Waals surface area (Å²) < 4.78 is 0. The molecule has 0 spiro atoms. The molecule has 0 bridgehead atoms. The highest BCUT2D eigenvalue weighted by molar-refractivity contribution is 5.19. The van der Waals surface area contributed by atoms with Gasteiger partial charge in [0.2, 0.25) is 0 Å². The first-order chi connectivity index (χ1) is 6.77. The number of hydrogen-bond acceptors (Lipinski definition) is 6. The van der Waals surface area contributed by atoms with Gasteiger partial charge in [-0.05, 0) is 5.56 Å². The minimum Gasteiger partial charge on any atom is -0.382 e. The lowest BCUT2D eigenvalue weighted by atomic mass is 10.00. The molecule has 1 rings (SSSR count). The zero-order chi connectivity index (χ0) is 11.7. The number of benzene rings is 1. The van der Waals surface area contributed by atoms with E-state index in [1.165, 1.54) is 24.3 Å². The summed E-state index contributed by atoms with van der Waals surface area (Å²) in [7, 11) is 0. The van der Waals surface area contributed by atoms with Gasteiger partial charge < -0.3 is 30.6 Å². The molecule has 0 aliphatic heterocycles. The van der Waals surface area contributed by atoms with Crippen LogP contribution in [0.5, 0.6) is 0 Å². The van der Waals surface area contributed by atoms with Crippen LogP contribution in [-0.2, 0) is 0 Å². The number of aliphatic hydroxyl groups excluding tert-OH is 1. The largest absolute Gasteiger partial charge is 0.382 e. The molecule has 0 fully saturated rings. The van der Waals surface area contributed by atoms with E-state index < -0.39 is 17.9 Å². The number of aliphatic hydroxyl groups is 6. The van der Waals surface area contributed by atoms with E-state index in [9.17, 15) is 5.11 Å². The predicted octanol–water partition coefficient (Wildman–Crippen LogP) is -1.97. The molecular formula is C9H12O6. The van der Waals surface area contributed by atoms with E-state index in [0.717, 1.165) is 0 Å². The lowest BCUT2D eigenvalue weighted by Crippen LogP contribution is -2.58. The predicted molar refractivity (Wildman–Crippen MR) is 48.0 cm³/mol. The van der Waals surface area contributed by atoms with Crippen LogP contribution in [0.15, 0.2) is 30.3 Å². The van der Waals surface area contributed by atoms with E-state index in [-0.39, 0.29) is 5.56 Å². The maximum Gasteiger partial charge on any atom is 0.335 e. The molecule has 0 aliphatic rings. The zero-order valence-electron chi connectivity index (χ0n) is 7.65. The standard InChI is InChI=1S/C9H12O6/c10-7(6-4-2-1-3-5-6)8(11,12)9(13,14)15/h1-5,7,10-15H. The van der Waals surface area contributed by atoms with E-state index >= 15 is 0 Å². The number of rotatable bonds is 3. The van der Waals surface area contributed by atoms with E-state index in [1.807, 2.05) is 0 Å². The zero-order valence-corrected chi connectivity index (χ0v) is 7.65. The summed E-state index contributed by atoms with van der Waals surface area (Å²) in [6.07, 6.45) is -2.06. The van der Waals surface area contributed by atoms with Crippen molar-refractivity contribution >= 4 is 0 Å². The van der Waals surface area contributed by atoms with Crippen molar-refractivity contribution in [3.63, 3.8) is 0 Å². The molecule has 0 heterocycles. The molecule has 6 heteroatoms. The number of hydrogen-bond donors (Lipinski definition) is 6. The van der Waals surface area contributed by atoms with Gasteiger partial charge in [0, 0.05) is 0 Å². The van der Waals surface area contributed by atoms with Crippen LogP contribution in [0.3, 0.4) is 0 Å². The Hall–Kier alpha value is -1.02. The first-order valence-electron chi connectivity index (χ1n) is 4.11. The van der Waals surface area contributed by atoms with Crippen LogP contribution < -0.4 is 0 Å². The Morgan fingerprint density at radius 1 is 0.867 bits per heavy atom. The van der Waals surface area contributed by atoms with Crippen molar-refractivity contribution in [3.05, 3.63) is 35.9 Å². The van der Waals surface area contributed by atoms with Crippen molar-refractivity contribution in [1.82, 2.24) is 0 Å². The van der Waals surface area contributed by atoms with Crippen LogP contribution in [0.25, 0.3) is 0 Å². The minimum atomic E-state index is -3.82. The van der Waals surface area contributed by atoms with E-state index in [0.29, 0.717) is 0 Å². The molecule has 1 aromatic carbocycles. The summed E-state index contributed by atoms with van der Waals surface area (Å²) in [4.78, 5) is 0. The summed E-state index contributed by atoms with van der Waals surface area (Å²) >= 11 is 0. The van der Waals surface area contributed by atoms with Crippen molar-refractivity contribution in [1.29, 1.82) is 0 Å². The molecule has 1 unspecified atom stereocenters. The van der Waals surface area contributed by atoms with Gasteiger partial charge in [0.1, 0.15) is 6.10 Å². The molecule has 1 aromatic rings. The maximum atomic E-state index is 9.40. The fraction of sp³-hybridized carbons (Fsp3) is 0.333. The monoisotopic (exact) mass is 216 g/mol. The van der Waals surface area contributed by atoms with Crippen LogP contribution in [0.4, 0.5) is 0 Å². The van der Waals surface area contributed by atoms with E-state index in [4.69, 9.17) is 25.5 Å². The van der Waals surface area contributed by atoms with Gasteiger partial charge in [-0.3, -0.25) is 0 Å². The Kier molecular flexibility index (Phi) is 3.10. The normalized spacial score (nSPS) is 15.1. The quantitative estimate of drug-likeness (QED) is 0.326. The van der Waals surface area contributed by atoms with Gasteiger partial charge in [0.25, 0.3) is 5.79 Å². The lowest BCUT2D eigenvalue weighted by molar-refractivity contribution is -0.465. The van der Waals surface area contributed by atoms with Crippen molar-refractivity contribution in [2.24, 2.45) is 0 Å². The van der Waals surface area contributed by atoms with E-state index in [2.05, 4.69) is 0 Å². The average molecular weight is 216 g/mol. The summed E-state index contributed by atoms with van der Waals surface area (Å²) in [5, 5.41) is 53.5. The van der Waals surface area contributed by atoms with Crippen molar-refractivity contribution in [2.45, 2.75) is 17.9 Å². The third kappa shape index (κ3) is 2.32. The second-order valence-electron chi connectivity index (χ2n) is 3.17. The van der Waals surface area contributed by atoms with Gasteiger partial charge in [-0.2, -0.15) is 0 Å². The Morgan fingerprint density at radius 2 is 1.33 bits per heavy atom. The molecule has 0 aliphatic carbocycles. The molecule has 6 N–H and O–H groups in total. The van der Waals surface area contributed by atoms with Gasteiger partial charge >= 0.3 is 5.97 Å². The van der Waals surface area contributed by atoms with Crippen LogP contribution >= 0.6 is 0 Å². The summed E-state index contributed by atoms with van der Waals surface area (Å²) in [5.74, 6) is -7.30.